The molecular formula is C17H20. The van der Waals surface area contributed by atoms with Crippen molar-refractivity contribution in [3.63, 3.8) is 0 Å². The van der Waals surface area contributed by atoms with Crippen LogP contribution in [0.2, 0.25) is 0 Å². The van der Waals surface area contributed by atoms with Crippen molar-refractivity contribution in [3.05, 3.63) is 52.6 Å². The first kappa shape index (κ1) is 10.8. The van der Waals surface area contributed by atoms with E-state index >= 15 is 0 Å². The van der Waals surface area contributed by atoms with E-state index in [2.05, 4.69) is 58.0 Å². The zero-order valence-corrected chi connectivity index (χ0v) is 11.2. The Morgan fingerprint density at radius 2 is 2.00 bits per heavy atom. The summed E-state index contributed by atoms with van der Waals surface area (Å²) in [6.07, 6.45) is 5.93. The maximum absolute atomic E-state index is 2.36. The second-order valence-electron chi connectivity index (χ2n) is 6.06. The van der Waals surface area contributed by atoms with Gasteiger partial charge < -0.3 is 0 Å². The minimum absolute atomic E-state index is 0.187. The Balaban J connectivity index is 2.28. The number of rotatable bonds is 0. The molecule has 17 heavy (non-hydrogen) atoms. The lowest BCUT2D eigenvalue weighted by Gasteiger charge is -2.26. The van der Waals surface area contributed by atoms with Crippen LogP contribution in [0.4, 0.5) is 0 Å². The standard InChI is InChI=1S/C17H20/c1-11-8-9-15-14(10-11)13-7-5-6-12(2)16(13)17(15,3)4/h5-9,11H,10H2,1-4H3. The number of benzene rings is 1. The average Bonchev–Trinajstić information content (AvgIpc) is 2.49. The number of hydrogen-bond donors (Lipinski definition) is 0. The summed E-state index contributed by atoms with van der Waals surface area (Å²) in [6.45, 7) is 9.27. The molecule has 0 spiro atoms. The molecular weight excluding hydrogens is 204 g/mol. The largest absolute Gasteiger partial charge is 0.0810 e. The molecule has 0 fully saturated rings. The first-order chi connectivity index (χ1) is 8.01. The lowest BCUT2D eigenvalue weighted by molar-refractivity contribution is 0.639. The van der Waals surface area contributed by atoms with Gasteiger partial charge in [0.05, 0.1) is 0 Å². The zero-order chi connectivity index (χ0) is 12.2. The third kappa shape index (κ3) is 1.36. The van der Waals surface area contributed by atoms with E-state index in [9.17, 15) is 0 Å². The molecule has 0 aliphatic heterocycles. The van der Waals surface area contributed by atoms with Crippen LogP contribution < -0.4 is 0 Å². The van der Waals surface area contributed by atoms with Crippen LogP contribution in [-0.4, -0.2) is 0 Å². The summed E-state index contributed by atoms with van der Waals surface area (Å²) in [7, 11) is 0. The molecule has 0 bridgehead atoms. The maximum atomic E-state index is 2.36. The first-order valence-electron chi connectivity index (χ1n) is 6.54. The predicted molar refractivity (Wildman–Crippen MR) is 74.0 cm³/mol. The van der Waals surface area contributed by atoms with Gasteiger partial charge in [-0.05, 0) is 47.1 Å². The van der Waals surface area contributed by atoms with E-state index in [1.807, 2.05) is 0 Å². The van der Waals surface area contributed by atoms with Gasteiger partial charge in [-0.25, -0.2) is 0 Å². The van der Waals surface area contributed by atoms with E-state index in [0.717, 1.165) is 0 Å². The zero-order valence-electron chi connectivity index (χ0n) is 11.2. The van der Waals surface area contributed by atoms with Crippen LogP contribution in [0.3, 0.4) is 0 Å². The molecule has 0 heteroatoms. The van der Waals surface area contributed by atoms with Gasteiger partial charge in [0.1, 0.15) is 0 Å². The molecule has 2 aliphatic rings. The second-order valence-corrected chi connectivity index (χ2v) is 6.06. The Kier molecular flexibility index (Phi) is 2.13. The minimum Gasteiger partial charge on any atom is -0.0810 e. The van der Waals surface area contributed by atoms with Crippen LogP contribution in [0.25, 0.3) is 5.57 Å². The van der Waals surface area contributed by atoms with Crippen molar-refractivity contribution < 1.29 is 0 Å². The second kappa shape index (κ2) is 3.35. The first-order valence-corrected chi connectivity index (χ1v) is 6.54. The van der Waals surface area contributed by atoms with Gasteiger partial charge in [-0.1, -0.05) is 51.1 Å². The van der Waals surface area contributed by atoms with Crippen molar-refractivity contribution in [2.45, 2.75) is 39.5 Å². The monoisotopic (exact) mass is 224 g/mol. The van der Waals surface area contributed by atoms with Crippen LogP contribution >= 0.6 is 0 Å². The number of hydrogen-bond acceptors (Lipinski definition) is 0. The van der Waals surface area contributed by atoms with Crippen molar-refractivity contribution in [1.29, 1.82) is 0 Å². The number of fused-ring (bicyclic) bond motifs is 2. The Bertz CT molecular complexity index is 541. The quantitative estimate of drug-likeness (QED) is 0.602. The summed E-state index contributed by atoms with van der Waals surface area (Å²) in [5.41, 5.74) is 7.80. The fourth-order valence-electron chi connectivity index (χ4n) is 3.59. The topological polar surface area (TPSA) is 0 Å². The summed E-state index contributed by atoms with van der Waals surface area (Å²) in [4.78, 5) is 0. The van der Waals surface area contributed by atoms with Gasteiger partial charge >= 0.3 is 0 Å². The summed E-state index contributed by atoms with van der Waals surface area (Å²) < 4.78 is 0. The molecule has 0 saturated carbocycles. The van der Waals surface area contributed by atoms with Crippen LogP contribution in [0.5, 0.6) is 0 Å². The van der Waals surface area contributed by atoms with Crippen LogP contribution in [-0.2, 0) is 5.41 Å². The third-order valence-corrected chi connectivity index (χ3v) is 4.34. The van der Waals surface area contributed by atoms with E-state index in [-0.39, 0.29) is 5.41 Å². The molecule has 1 atom stereocenters. The van der Waals surface area contributed by atoms with Crippen LogP contribution in [0.1, 0.15) is 43.9 Å². The van der Waals surface area contributed by atoms with Crippen LogP contribution in [0, 0.1) is 12.8 Å². The molecule has 0 nitrogen and oxygen atoms in total. The Morgan fingerprint density at radius 1 is 1.24 bits per heavy atom. The number of allylic oxidation sites excluding steroid dienone is 4. The van der Waals surface area contributed by atoms with Gasteiger partial charge in [-0.2, -0.15) is 0 Å². The van der Waals surface area contributed by atoms with Gasteiger partial charge in [0.2, 0.25) is 0 Å². The molecule has 88 valence electrons. The SMILES string of the molecule is Cc1cccc2c1C(C)(C)C1=C2CC(C)C=C1. The summed E-state index contributed by atoms with van der Waals surface area (Å²) in [6, 6.07) is 6.74. The highest BCUT2D eigenvalue weighted by molar-refractivity contribution is 5.84. The molecule has 0 saturated heterocycles. The minimum atomic E-state index is 0.187. The van der Waals surface area contributed by atoms with Gasteiger partial charge in [0.15, 0.2) is 0 Å². The Labute approximate surface area is 104 Å². The van der Waals surface area contributed by atoms with Gasteiger partial charge in [-0.3, -0.25) is 0 Å². The van der Waals surface area contributed by atoms with Crippen LogP contribution in [0.15, 0.2) is 35.9 Å². The molecule has 0 amide bonds. The number of aryl methyl sites for hydroxylation is 1. The molecule has 2 aliphatic carbocycles. The van der Waals surface area contributed by atoms with Crippen molar-refractivity contribution in [1.82, 2.24) is 0 Å². The Morgan fingerprint density at radius 3 is 2.76 bits per heavy atom. The van der Waals surface area contributed by atoms with Gasteiger partial charge in [0.25, 0.3) is 0 Å². The summed E-state index contributed by atoms with van der Waals surface area (Å²) in [5, 5.41) is 0. The van der Waals surface area contributed by atoms with Crippen molar-refractivity contribution in [3.8, 4) is 0 Å². The molecule has 1 unspecified atom stereocenters. The summed E-state index contributed by atoms with van der Waals surface area (Å²) in [5.74, 6) is 0.677. The average molecular weight is 224 g/mol. The molecule has 0 N–H and O–H groups in total. The lowest BCUT2D eigenvalue weighted by atomic mass is 9.78. The van der Waals surface area contributed by atoms with Gasteiger partial charge in [-0.15, -0.1) is 0 Å². The molecule has 1 aromatic rings. The van der Waals surface area contributed by atoms with E-state index in [1.165, 1.54) is 17.5 Å². The van der Waals surface area contributed by atoms with E-state index in [1.54, 1.807) is 16.7 Å². The molecule has 0 radical (unpaired) electrons. The molecule has 0 aromatic heterocycles. The van der Waals surface area contributed by atoms with E-state index < -0.39 is 0 Å². The third-order valence-electron chi connectivity index (χ3n) is 4.34. The van der Waals surface area contributed by atoms with E-state index in [0.29, 0.717) is 5.92 Å². The molecule has 3 rings (SSSR count). The Hall–Kier alpha value is -1.30. The highest BCUT2D eigenvalue weighted by Crippen LogP contribution is 2.51. The van der Waals surface area contributed by atoms with Crippen molar-refractivity contribution >= 4 is 5.57 Å². The predicted octanol–water partition coefficient (Wildman–Crippen LogP) is 4.64. The fraction of sp³-hybridized carbons (Fsp3) is 0.412. The maximum Gasteiger partial charge on any atom is 0.0158 e. The fourth-order valence-corrected chi connectivity index (χ4v) is 3.59. The smallest absolute Gasteiger partial charge is 0.0158 e. The molecule has 1 aromatic carbocycles. The summed E-state index contributed by atoms with van der Waals surface area (Å²) >= 11 is 0. The van der Waals surface area contributed by atoms with Crippen molar-refractivity contribution in [2.75, 3.05) is 0 Å². The normalized spacial score (nSPS) is 24.8. The lowest BCUT2D eigenvalue weighted by Crippen LogP contribution is -2.18. The van der Waals surface area contributed by atoms with Gasteiger partial charge in [0, 0.05) is 5.41 Å². The highest BCUT2D eigenvalue weighted by atomic mass is 14.4. The molecule has 0 heterocycles. The van der Waals surface area contributed by atoms with Crippen molar-refractivity contribution in [2.24, 2.45) is 5.92 Å². The van der Waals surface area contributed by atoms with E-state index in [4.69, 9.17) is 0 Å². The highest BCUT2D eigenvalue weighted by Gasteiger charge is 2.38.